The summed E-state index contributed by atoms with van der Waals surface area (Å²) < 4.78 is 23.7. The molecule has 1 aliphatic rings. The van der Waals surface area contributed by atoms with Gasteiger partial charge in [-0.2, -0.15) is 0 Å². The molecule has 4 aromatic carbocycles. The third-order valence-electron chi connectivity index (χ3n) is 7.76. The van der Waals surface area contributed by atoms with E-state index in [0.717, 1.165) is 27.1 Å². The molecule has 0 N–H and O–H groups in total. The molecule has 0 radical (unpaired) electrons. The summed E-state index contributed by atoms with van der Waals surface area (Å²) in [4.78, 5) is 44.7. The Labute approximate surface area is 268 Å². The van der Waals surface area contributed by atoms with Crippen LogP contribution in [-0.2, 0) is 19.1 Å². The molecule has 9 nitrogen and oxygen atoms in total. The molecule has 1 atom stereocenters. The van der Waals surface area contributed by atoms with E-state index in [2.05, 4.69) is 30.3 Å². The highest BCUT2D eigenvalue weighted by Crippen LogP contribution is 2.36. The van der Waals surface area contributed by atoms with Crippen LogP contribution in [0.4, 0.5) is 0 Å². The van der Waals surface area contributed by atoms with Crippen LogP contribution in [0, 0.1) is 0 Å². The molecule has 2 heterocycles. The van der Waals surface area contributed by atoms with Crippen LogP contribution in [0.5, 0.6) is 11.5 Å². The molecule has 0 unspecified atom stereocenters. The Bertz CT molecular complexity index is 2160. The molecule has 0 spiro atoms. The van der Waals surface area contributed by atoms with Crippen molar-refractivity contribution in [3.8, 4) is 11.5 Å². The normalized spacial score (nSPS) is 14.6. The smallest absolute Gasteiger partial charge is 0.343 e. The fourth-order valence-electron chi connectivity index (χ4n) is 5.72. The third kappa shape index (κ3) is 5.67. The highest BCUT2D eigenvalue weighted by molar-refractivity contribution is 7.07. The standard InChI is InChI=1S/C36H32N2O7S/c1-5-43-29-18-24(15-16-28(29)45-20-31(39)42-4)33-32(35(41)44-6-2)21(3)37-36-38(33)34(40)30(46-36)19-27-25-13-9-7-11-22(25)17-23-12-8-10-14-26(23)27/h7-19,33H,5-6,20H2,1-4H3/b30-19-/t33-/m1/s1. The minimum atomic E-state index is -0.851. The summed E-state index contributed by atoms with van der Waals surface area (Å²) in [6.07, 6.45) is 1.92. The van der Waals surface area contributed by atoms with Gasteiger partial charge in [-0.3, -0.25) is 9.36 Å². The van der Waals surface area contributed by atoms with Gasteiger partial charge in [0.25, 0.3) is 5.56 Å². The van der Waals surface area contributed by atoms with Crippen LogP contribution in [0.25, 0.3) is 27.6 Å². The molecule has 6 rings (SSSR count). The van der Waals surface area contributed by atoms with Gasteiger partial charge in [0.15, 0.2) is 22.9 Å². The highest BCUT2D eigenvalue weighted by Gasteiger charge is 2.34. The molecule has 0 fully saturated rings. The summed E-state index contributed by atoms with van der Waals surface area (Å²) in [6.45, 7) is 5.47. The number of allylic oxidation sites excluding steroid dienone is 1. The summed E-state index contributed by atoms with van der Waals surface area (Å²) in [6, 6.07) is 22.6. The second kappa shape index (κ2) is 13.0. The Kier molecular flexibility index (Phi) is 8.72. The minimum Gasteiger partial charge on any atom is -0.490 e. The van der Waals surface area contributed by atoms with Gasteiger partial charge in [0.05, 0.1) is 42.2 Å². The molecule has 0 amide bonds. The zero-order valence-corrected chi connectivity index (χ0v) is 26.7. The van der Waals surface area contributed by atoms with Gasteiger partial charge in [-0.15, -0.1) is 0 Å². The van der Waals surface area contributed by atoms with Crippen LogP contribution >= 0.6 is 11.3 Å². The average molecular weight is 637 g/mol. The topological polar surface area (TPSA) is 105 Å². The number of hydrogen-bond donors (Lipinski definition) is 0. The number of methoxy groups -OCH3 is 1. The number of hydrogen-bond acceptors (Lipinski definition) is 9. The lowest BCUT2D eigenvalue weighted by molar-refractivity contribution is -0.143. The summed E-state index contributed by atoms with van der Waals surface area (Å²) in [5.74, 6) is -0.427. The number of nitrogens with zero attached hydrogens (tertiary/aromatic N) is 2. The van der Waals surface area contributed by atoms with Crippen LogP contribution in [0.2, 0.25) is 0 Å². The largest absolute Gasteiger partial charge is 0.490 e. The first-order valence-electron chi connectivity index (χ1n) is 14.9. The van der Waals surface area contributed by atoms with Crippen LogP contribution < -0.4 is 24.4 Å². The van der Waals surface area contributed by atoms with Gasteiger partial charge in [-0.1, -0.05) is 65.9 Å². The molecular weight excluding hydrogens is 604 g/mol. The van der Waals surface area contributed by atoms with Crippen molar-refractivity contribution in [1.29, 1.82) is 0 Å². The highest BCUT2D eigenvalue weighted by atomic mass is 32.1. The van der Waals surface area contributed by atoms with Crippen molar-refractivity contribution in [2.24, 2.45) is 4.99 Å². The van der Waals surface area contributed by atoms with Crippen molar-refractivity contribution in [1.82, 2.24) is 4.57 Å². The van der Waals surface area contributed by atoms with E-state index in [1.807, 2.05) is 37.3 Å². The van der Waals surface area contributed by atoms with E-state index in [1.165, 1.54) is 18.4 Å². The average Bonchev–Trinajstić information content (AvgIpc) is 3.37. The van der Waals surface area contributed by atoms with Gasteiger partial charge >= 0.3 is 11.9 Å². The van der Waals surface area contributed by atoms with E-state index in [9.17, 15) is 14.4 Å². The number of rotatable bonds is 9. The summed E-state index contributed by atoms with van der Waals surface area (Å²) >= 11 is 1.27. The Morgan fingerprint density at radius 1 is 0.913 bits per heavy atom. The maximum Gasteiger partial charge on any atom is 0.343 e. The van der Waals surface area contributed by atoms with Gasteiger partial charge in [0, 0.05) is 0 Å². The quantitative estimate of drug-likeness (QED) is 0.165. The molecule has 1 aromatic heterocycles. The van der Waals surface area contributed by atoms with Crippen molar-refractivity contribution < 1.29 is 28.5 Å². The number of aromatic nitrogens is 1. The molecule has 1 aliphatic heterocycles. The van der Waals surface area contributed by atoms with E-state index >= 15 is 0 Å². The van der Waals surface area contributed by atoms with E-state index in [-0.39, 0.29) is 24.3 Å². The summed E-state index contributed by atoms with van der Waals surface area (Å²) in [5, 5.41) is 4.18. The molecule has 5 aromatic rings. The van der Waals surface area contributed by atoms with Gasteiger partial charge in [-0.25, -0.2) is 14.6 Å². The lowest BCUT2D eigenvalue weighted by Gasteiger charge is -2.25. The van der Waals surface area contributed by atoms with Gasteiger partial charge in [-0.05, 0) is 77.7 Å². The molecule has 0 aliphatic carbocycles. The molecule has 0 bridgehead atoms. The Balaban J connectivity index is 1.57. The fraction of sp³-hybridized carbons (Fsp3) is 0.222. The maximum atomic E-state index is 14.4. The van der Waals surface area contributed by atoms with E-state index in [0.29, 0.717) is 38.7 Å². The molecular formula is C36H32N2O7S. The molecule has 46 heavy (non-hydrogen) atoms. The summed E-state index contributed by atoms with van der Waals surface area (Å²) in [5.41, 5.74) is 1.94. The monoisotopic (exact) mass is 636 g/mol. The Morgan fingerprint density at radius 3 is 2.26 bits per heavy atom. The SMILES string of the molecule is CCOC(=O)C1=C(C)N=c2s/c(=C\c3c4ccccc4cc4ccccc34)c(=O)n2[C@@H]1c1ccc(OCC(=O)OC)c(OCC)c1. The molecule has 0 saturated heterocycles. The van der Waals surface area contributed by atoms with Crippen molar-refractivity contribution >= 4 is 50.9 Å². The third-order valence-corrected chi connectivity index (χ3v) is 8.74. The van der Waals surface area contributed by atoms with Crippen LogP contribution in [-0.4, -0.2) is 43.4 Å². The first kappa shape index (κ1) is 30.8. The predicted molar refractivity (Wildman–Crippen MR) is 177 cm³/mol. The van der Waals surface area contributed by atoms with Crippen molar-refractivity contribution in [3.05, 3.63) is 115 Å². The molecule has 234 valence electrons. The lowest BCUT2D eigenvalue weighted by Crippen LogP contribution is -2.40. The number of thiazole rings is 1. The van der Waals surface area contributed by atoms with Crippen LogP contribution in [0.1, 0.15) is 37.9 Å². The second-order valence-electron chi connectivity index (χ2n) is 10.5. The maximum absolute atomic E-state index is 14.4. The van der Waals surface area contributed by atoms with E-state index < -0.39 is 18.0 Å². The zero-order chi connectivity index (χ0) is 32.4. The van der Waals surface area contributed by atoms with Crippen molar-refractivity contribution in [2.45, 2.75) is 26.8 Å². The molecule has 10 heteroatoms. The number of carbonyl (C=O) groups excluding carboxylic acids is 2. The lowest BCUT2D eigenvalue weighted by atomic mass is 9.95. The van der Waals surface area contributed by atoms with Crippen molar-refractivity contribution in [3.63, 3.8) is 0 Å². The number of benzene rings is 4. The van der Waals surface area contributed by atoms with Crippen LogP contribution in [0.3, 0.4) is 0 Å². The van der Waals surface area contributed by atoms with Gasteiger partial charge in [0.2, 0.25) is 0 Å². The second-order valence-corrected chi connectivity index (χ2v) is 11.5. The summed E-state index contributed by atoms with van der Waals surface area (Å²) in [7, 11) is 1.28. The Morgan fingerprint density at radius 2 is 1.61 bits per heavy atom. The van der Waals surface area contributed by atoms with Crippen LogP contribution in [0.15, 0.2) is 93.9 Å². The van der Waals surface area contributed by atoms with Gasteiger partial charge in [0.1, 0.15) is 0 Å². The van der Waals surface area contributed by atoms with Crippen molar-refractivity contribution in [2.75, 3.05) is 26.9 Å². The fourth-order valence-corrected chi connectivity index (χ4v) is 6.75. The predicted octanol–water partition coefficient (Wildman–Crippen LogP) is 5.06. The number of ether oxygens (including phenoxy) is 4. The van der Waals surface area contributed by atoms with Gasteiger partial charge < -0.3 is 18.9 Å². The van der Waals surface area contributed by atoms with E-state index in [1.54, 1.807) is 36.6 Å². The first-order chi connectivity index (χ1) is 22.3. The molecule has 0 saturated carbocycles. The first-order valence-corrected chi connectivity index (χ1v) is 15.7. The number of fused-ring (bicyclic) bond motifs is 3. The zero-order valence-electron chi connectivity index (χ0n) is 25.9. The minimum absolute atomic E-state index is 0.158. The number of esters is 2. The van der Waals surface area contributed by atoms with E-state index in [4.69, 9.17) is 23.9 Å². The Hall–Kier alpha value is -5.22. The number of carbonyl (C=O) groups is 2.